The molecule has 0 unspecified atom stereocenters. The summed E-state index contributed by atoms with van der Waals surface area (Å²) in [5.41, 5.74) is 5.75. The monoisotopic (exact) mass is 442 g/mol. The highest BCUT2D eigenvalue weighted by molar-refractivity contribution is 6.30. The zero-order valence-electron chi connectivity index (χ0n) is 18.2. The largest absolute Gasteiger partial charge is 0.493 e. The predicted molar refractivity (Wildman–Crippen MR) is 134 cm³/mol. The van der Waals surface area contributed by atoms with E-state index in [0.717, 1.165) is 29.8 Å². The van der Waals surface area contributed by atoms with Crippen molar-refractivity contribution in [2.75, 3.05) is 11.9 Å². The van der Waals surface area contributed by atoms with Crippen LogP contribution in [0.3, 0.4) is 0 Å². The third-order valence-corrected chi connectivity index (χ3v) is 6.55. The molecule has 0 aromatic heterocycles. The van der Waals surface area contributed by atoms with Gasteiger partial charge in [0.05, 0.1) is 18.3 Å². The summed E-state index contributed by atoms with van der Waals surface area (Å²) >= 11 is 6.19. The van der Waals surface area contributed by atoms with Crippen LogP contribution in [0.4, 0.5) is 11.4 Å². The van der Waals surface area contributed by atoms with Crippen LogP contribution >= 0.6 is 11.6 Å². The molecule has 1 aliphatic carbocycles. The van der Waals surface area contributed by atoms with Crippen molar-refractivity contribution in [3.63, 3.8) is 0 Å². The summed E-state index contributed by atoms with van der Waals surface area (Å²) in [6.07, 6.45) is 8.59. The van der Waals surface area contributed by atoms with Crippen LogP contribution in [-0.2, 0) is 0 Å². The summed E-state index contributed by atoms with van der Waals surface area (Å²) < 4.78 is 5.83. The SMILES string of the molecule is CCCOc1ccc(Cl)cc1C=Nc1ccc([C@@H]2Nc3ccccc3[C@@H]3C=CC[C@H]32)cc1. The zero-order chi connectivity index (χ0) is 21.9. The molecule has 0 spiro atoms. The molecule has 1 heterocycles. The molecule has 1 N–H and O–H groups in total. The van der Waals surface area contributed by atoms with Gasteiger partial charge in [-0.3, -0.25) is 4.99 Å². The van der Waals surface area contributed by atoms with Crippen LogP contribution in [0.2, 0.25) is 5.02 Å². The third kappa shape index (κ3) is 4.18. The molecule has 32 heavy (non-hydrogen) atoms. The van der Waals surface area contributed by atoms with E-state index in [9.17, 15) is 0 Å². The highest BCUT2D eigenvalue weighted by atomic mass is 35.5. The Kier molecular flexibility index (Phi) is 6.00. The molecule has 0 fully saturated rings. The standard InChI is InChI=1S/C28H27ClN2O/c1-2-16-32-27-15-12-21(29)17-20(27)18-30-22-13-10-19(11-14-22)28-25-8-5-7-23(25)24-6-3-4-9-26(24)31-28/h3-7,9-15,17-18,23,25,28,31H,2,8,16H2,1H3/t23-,25+,28-/m0/s1. The van der Waals surface area contributed by atoms with Crippen LogP contribution < -0.4 is 10.1 Å². The van der Waals surface area contributed by atoms with Gasteiger partial charge in [0, 0.05) is 28.4 Å². The fraction of sp³-hybridized carbons (Fsp3) is 0.250. The van der Waals surface area contributed by atoms with Crippen molar-refractivity contribution in [1.29, 1.82) is 0 Å². The van der Waals surface area contributed by atoms with Crippen LogP contribution in [-0.4, -0.2) is 12.8 Å². The lowest BCUT2D eigenvalue weighted by molar-refractivity contribution is 0.317. The number of anilines is 1. The molecule has 3 nitrogen and oxygen atoms in total. The number of hydrogen-bond acceptors (Lipinski definition) is 3. The Morgan fingerprint density at radius 1 is 1.09 bits per heavy atom. The summed E-state index contributed by atoms with van der Waals surface area (Å²) in [6, 6.07) is 23.2. The fourth-order valence-corrected chi connectivity index (χ4v) is 4.93. The van der Waals surface area contributed by atoms with E-state index in [-0.39, 0.29) is 0 Å². The molecule has 2 aliphatic rings. The van der Waals surface area contributed by atoms with Crippen molar-refractivity contribution in [3.8, 4) is 5.75 Å². The maximum atomic E-state index is 6.19. The van der Waals surface area contributed by atoms with Gasteiger partial charge in [0.2, 0.25) is 0 Å². The maximum Gasteiger partial charge on any atom is 0.128 e. The highest BCUT2D eigenvalue weighted by Gasteiger charge is 2.37. The highest BCUT2D eigenvalue weighted by Crippen LogP contribution is 2.49. The van der Waals surface area contributed by atoms with Crippen LogP contribution in [0, 0.1) is 5.92 Å². The topological polar surface area (TPSA) is 33.6 Å². The van der Waals surface area contributed by atoms with E-state index in [4.69, 9.17) is 16.3 Å². The van der Waals surface area contributed by atoms with Gasteiger partial charge in [-0.2, -0.15) is 0 Å². The van der Waals surface area contributed by atoms with E-state index in [2.05, 4.69) is 77.9 Å². The fourth-order valence-electron chi connectivity index (χ4n) is 4.75. The third-order valence-electron chi connectivity index (χ3n) is 6.31. The van der Waals surface area contributed by atoms with Gasteiger partial charge in [-0.15, -0.1) is 0 Å². The molecule has 3 aromatic rings. The number of fused-ring (bicyclic) bond motifs is 3. The second-order valence-corrected chi connectivity index (χ2v) is 8.88. The van der Waals surface area contributed by atoms with Gasteiger partial charge in [-0.25, -0.2) is 0 Å². The Labute approximate surface area is 194 Å². The van der Waals surface area contributed by atoms with Gasteiger partial charge in [-0.05, 0) is 66.3 Å². The number of ether oxygens (including phenoxy) is 1. The van der Waals surface area contributed by atoms with Crippen LogP contribution in [0.25, 0.3) is 0 Å². The first-order valence-corrected chi connectivity index (χ1v) is 11.7. The van der Waals surface area contributed by atoms with Gasteiger partial charge in [0.15, 0.2) is 0 Å². The van der Waals surface area contributed by atoms with Crippen LogP contribution in [0.5, 0.6) is 5.75 Å². The van der Waals surface area contributed by atoms with Crippen molar-refractivity contribution in [1.82, 2.24) is 0 Å². The number of halogens is 1. The normalized spacial score (nSPS) is 21.2. The molecule has 0 radical (unpaired) electrons. The molecule has 0 amide bonds. The Morgan fingerprint density at radius 3 is 2.78 bits per heavy atom. The first-order valence-electron chi connectivity index (χ1n) is 11.3. The number of hydrogen-bond donors (Lipinski definition) is 1. The summed E-state index contributed by atoms with van der Waals surface area (Å²) in [5.74, 6) is 1.84. The molecule has 0 saturated heterocycles. The maximum absolute atomic E-state index is 6.19. The van der Waals surface area contributed by atoms with Gasteiger partial charge in [0.25, 0.3) is 0 Å². The molecule has 1 aliphatic heterocycles. The smallest absolute Gasteiger partial charge is 0.128 e. The number of rotatable bonds is 6. The van der Waals surface area contributed by atoms with E-state index in [0.29, 0.717) is 29.5 Å². The molecule has 0 saturated carbocycles. The molecule has 3 aromatic carbocycles. The zero-order valence-corrected chi connectivity index (χ0v) is 18.9. The minimum atomic E-state index is 0.296. The Balaban J connectivity index is 1.36. The molecule has 3 atom stereocenters. The van der Waals surface area contributed by atoms with Crippen LogP contribution in [0.1, 0.15) is 48.4 Å². The van der Waals surface area contributed by atoms with Crippen molar-refractivity contribution in [2.24, 2.45) is 10.9 Å². The van der Waals surface area contributed by atoms with E-state index < -0.39 is 0 Å². The number of allylic oxidation sites excluding steroid dienone is 2. The summed E-state index contributed by atoms with van der Waals surface area (Å²) in [4.78, 5) is 4.68. The summed E-state index contributed by atoms with van der Waals surface area (Å²) in [5, 5.41) is 4.46. The number of nitrogens with one attached hydrogen (secondary N) is 1. The van der Waals surface area contributed by atoms with Gasteiger partial charge in [-0.1, -0.05) is 61.0 Å². The molecule has 0 bridgehead atoms. The minimum Gasteiger partial charge on any atom is -0.493 e. The average Bonchev–Trinajstić information content (AvgIpc) is 3.32. The molecular formula is C28H27ClN2O. The van der Waals surface area contributed by atoms with E-state index in [1.807, 2.05) is 24.4 Å². The molecule has 5 rings (SSSR count). The first-order chi connectivity index (χ1) is 15.7. The van der Waals surface area contributed by atoms with Crippen molar-refractivity contribution in [3.05, 3.63) is 101 Å². The number of nitrogens with zero attached hydrogens (tertiary/aromatic N) is 1. The van der Waals surface area contributed by atoms with Gasteiger partial charge >= 0.3 is 0 Å². The van der Waals surface area contributed by atoms with Crippen molar-refractivity contribution < 1.29 is 4.74 Å². The quantitative estimate of drug-likeness (QED) is 0.313. The lowest BCUT2D eigenvalue weighted by atomic mass is 9.77. The molecular weight excluding hydrogens is 416 g/mol. The van der Waals surface area contributed by atoms with E-state index in [1.54, 1.807) is 0 Å². The van der Waals surface area contributed by atoms with Crippen LogP contribution in [0.15, 0.2) is 83.9 Å². The Morgan fingerprint density at radius 2 is 1.94 bits per heavy atom. The summed E-state index contributed by atoms with van der Waals surface area (Å²) in [7, 11) is 0. The minimum absolute atomic E-state index is 0.296. The number of benzene rings is 3. The molecule has 162 valence electrons. The van der Waals surface area contributed by atoms with Crippen molar-refractivity contribution >= 4 is 29.2 Å². The first kappa shape index (κ1) is 20.8. The van der Waals surface area contributed by atoms with Crippen molar-refractivity contribution in [2.45, 2.75) is 31.7 Å². The Hall–Kier alpha value is -3.04. The Bertz CT molecular complexity index is 1150. The lowest BCUT2D eigenvalue weighted by Gasteiger charge is -2.37. The average molecular weight is 443 g/mol. The van der Waals surface area contributed by atoms with Gasteiger partial charge < -0.3 is 10.1 Å². The number of para-hydroxylation sites is 1. The second-order valence-electron chi connectivity index (χ2n) is 8.44. The predicted octanol–water partition coefficient (Wildman–Crippen LogP) is 7.71. The van der Waals surface area contributed by atoms with E-state index >= 15 is 0 Å². The second kappa shape index (κ2) is 9.22. The van der Waals surface area contributed by atoms with Gasteiger partial charge in [0.1, 0.15) is 5.75 Å². The van der Waals surface area contributed by atoms with E-state index in [1.165, 1.54) is 16.8 Å². The molecule has 4 heteroatoms. The summed E-state index contributed by atoms with van der Waals surface area (Å²) in [6.45, 7) is 2.76. The lowest BCUT2D eigenvalue weighted by Crippen LogP contribution is -2.28. The number of aliphatic imine (C=N–C) groups is 1.